The number of hydrogen-bond donors (Lipinski definition) is 1. The number of rotatable bonds is 3. The molecule has 0 amide bonds. The van der Waals surface area contributed by atoms with Crippen LogP contribution in [-0.4, -0.2) is 0 Å². The molecule has 1 aromatic heterocycles. The van der Waals surface area contributed by atoms with Crippen LogP contribution in [0.2, 0.25) is 0 Å². The summed E-state index contributed by atoms with van der Waals surface area (Å²) in [4.78, 5) is 2.32. The van der Waals surface area contributed by atoms with E-state index in [1.54, 1.807) is 17.4 Å². The van der Waals surface area contributed by atoms with Crippen molar-refractivity contribution in [3.8, 4) is 10.4 Å². The maximum atomic E-state index is 13.1. The molecule has 1 heterocycles. The molecule has 0 aliphatic rings. The van der Waals surface area contributed by atoms with Gasteiger partial charge in [0.15, 0.2) is 0 Å². The van der Waals surface area contributed by atoms with Crippen LogP contribution < -0.4 is 5.73 Å². The normalized spacial score (nSPS) is 13.0. The SMILES string of the molecule is CC(C)C(N)c1ccc(-c2ccc(F)cc2I)s1. The van der Waals surface area contributed by atoms with E-state index in [0.29, 0.717) is 5.92 Å². The second kappa shape index (κ2) is 5.67. The molecular weight excluding hydrogens is 360 g/mol. The van der Waals surface area contributed by atoms with Crippen molar-refractivity contribution in [2.24, 2.45) is 11.7 Å². The first-order valence-electron chi connectivity index (χ1n) is 5.79. The van der Waals surface area contributed by atoms with Crippen LogP contribution in [0.4, 0.5) is 4.39 Å². The van der Waals surface area contributed by atoms with E-state index < -0.39 is 0 Å². The van der Waals surface area contributed by atoms with Crippen molar-refractivity contribution in [2.75, 3.05) is 0 Å². The Labute approximate surface area is 124 Å². The van der Waals surface area contributed by atoms with Crippen molar-refractivity contribution in [1.29, 1.82) is 0 Å². The molecule has 1 aromatic carbocycles. The average molecular weight is 375 g/mol. The van der Waals surface area contributed by atoms with Gasteiger partial charge >= 0.3 is 0 Å². The fraction of sp³-hybridized carbons (Fsp3) is 0.286. The Morgan fingerprint density at radius 3 is 2.56 bits per heavy atom. The smallest absolute Gasteiger partial charge is 0.124 e. The van der Waals surface area contributed by atoms with Gasteiger partial charge in [0.2, 0.25) is 0 Å². The van der Waals surface area contributed by atoms with Crippen molar-refractivity contribution in [2.45, 2.75) is 19.9 Å². The Balaban J connectivity index is 2.35. The van der Waals surface area contributed by atoms with Crippen LogP contribution in [0.1, 0.15) is 24.8 Å². The van der Waals surface area contributed by atoms with Crippen LogP contribution in [0.3, 0.4) is 0 Å². The van der Waals surface area contributed by atoms with Crippen LogP contribution in [0.15, 0.2) is 30.3 Å². The minimum atomic E-state index is -0.196. The van der Waals surface area contributed by atoms with Crippen molar-refractivity contribution >= 4 is 33.9 Å². The van der Waals surface area contributed by atoms with E-state index in [-0.39, 0.29) is 11.9 Å². The van der Waals surface area contributed by atoms with Crippen LogP contribution in [0, 0.1) is 15.3 Å². The number of thiophene rings is 1. The average Bonchev–Trinajstić information content (AvgIpc) is 2.77. The minimum Gasteiger partial charge on any atom is -0.323 e. The largest absolute Gasteiger partial charge is 0.323 e. The number of hydrogen-bond acceptors (Lipinski definition) is 2. The van der Waals surface area contributed by atoms with Gasteiger partial charge in [-0.3, -0.25) is 0 Å². The van der Waals surface area contributed by atoms with Gasteiger partial charge < -0.3 is 5.73 Å². The summed E-state index contributed by atoms with van der Waals surface area (Å²) in [5.74, 6) is 0.225. The Bertz CT molecular complexity index is 550. The third-order valence-electron chi connectivity index (χ3n) is 2.87. The molecular formula is C14H15FINS. The molecule has 0 fully saturated rings. The summed E-state index contributed by atoms with van der Waals surface area (Å²) in [5.41, 5.74) is 7.21. The van der Waals surface area contributed by atoms with Gasteiger partial charge in [0, 0.05) is 24.9 Å². The zero-order valence-corrected chi connectivity index (χ0v) is 13.3. The van der Waals surface area contributed by atoms with E-state index >= 15 is 0 Å². The highest BCUT2D eigenvalue weighted by Crippen LogP contribution is 2.35. The molecule has 0 saturated heterocycles. The lowest BCUT2D eigenvalue weighted by Crippen LogP contribution is -2.14. The highest BCUT2D eigenvalue weighted by atomic mass is 127. The lowest BCUT2D eigenvalue weighted by Gasteiger charge is -2.12. The predicted octanol–water partition coefficient (Wildman–Crippen LogP) is 4.81. The fourth-order valence-corrected chi connectivity index (χ4v) is 3.87. The van der Waals surface area contributed by atoms with Crippen LogP contribution >= 0.6 is 33.9 Å². The zero-order valence-electron chi connectivity index (χ0n) is 10.3. The summed E-state index contributed by atoms with van der Waals surface area (Å²) in [7, 11) is 0. The molecule has 18 heavy (non-hydrogen) atoms. The number of halogens is 2. The third kappa shape index (κ3) is 2.92. The van der Waals surface area contributed by atoms with Gasteiger partial charge in [0.25, 0.3) is 0 Å². The van der Waals surface area contributed by atoms with Gasteiger partial charge in [-0.2, -0.15) is 0 Å². The van der Waals surface area contributed by atoms with E-state index in [4.69, 9.17) is 5.73 Å². The quantitative estimate of drug-likeness (QED) is 0.766. The van der Waals surface area contributed by atoms with Crippen LogP contribution in [-0.2, 0) is 0 Å². The van der Waals surface area contributed by atoms with E-state index in [2.05, 4.69) is 48.6 Å². The monoisotopic (exact) mass is 375 g/mol. The fourth-order valence-electron chi connectivity index (χ4n) is 1.69. The first-order chi connectivity index (χ1) is 8.49. The second-order valence-electron chi connectivity index (χ2n) is 4.60. The molecule has 4 heteroatoms. The van der Waals surface area contributed by atoms with Crippen LogP contribution in [0.5, 0.6) is 0 Å². The van der Waals surface area contributed by atoms with Gasteiger partial charge in [-0.1, -0.05) is 13.8 Å². The molecule has 0 bridgehead atoms. The summed E-state index contributed by atoms with van der Waals surface area (Å²) < 4.78 is 14.0. The lowest BCUT2D eigenvalue weighted by atomic mass is 10.0. The molecule has 0 radical (unpaired) electrons. The standard InChI is InChI=1S/C14H15FINS/c1-8(2)14(17)13-6-5-12(18-13)10-4-3-9(15)7-11(10)16/h3-8,14H,17H2,1-2H3. The van der Waals surface area contributed by atoms with Crippen molar-refractivity contribution in [1.82, 2.24) is 0 Å². The van der Waals surface area contributed by atoms with E-state index in [9.17, 15) is 4.39 Å². The maximum absolute atomic E-state index is 13.1. The molecule has 1 nitrogen and oxygen atoms in total. The third-order valence-corrected chi connectivity index (χ3v) is 4.98. The molecule has 1 atom stereocenters. The van der Waals surface area contributed by atoms with Crippen molar-refractivity contribution < 1.29 is 4.39 Å². The van der Waals surface area contributed by atoms with E-state index in [1.165, 1.54) is 10.9 Å². The number of benzene rings is 1. The molecule has 2 N–H and O–H groups in total. The molecule has 0 spiro atoms. The van der Waals surface area contributed by atoms with Crippen molar-refractivity contribution in [3.05, 3.63) is 44.6 Å². The highest BCUT2D eigenvalue weighted by molar-refractivity contribution is 14.1. The minimum absolute atomic E-state index is 0.0712. The Kier molecular flexibility index (Phi) is 4.40. The summed E-state index contributed by atoms with van der Waals surface area (Å²) in [6, 6.07) is 9.09. The maximum Gasteiger partial charge on any atom is 0.124 e. The molecule has 96 valence electrons. The topological polar surface area (TPSA) is 26.0 Å². The molecule has 2 rings (SSSR count). The van der Waals surface area contributed by atoms with Gasteiger partial charge in [-0.25, -0.2) is 4.39 Å². The molecule has 2 aromatic rings. The molecule has 0 aliphatic carbocycles. The van der Waals surface area contributed by atoms with Gasteiger partial charge in [0.05, 0.1) is 0 Å². The Hall–Kier alpha value is -0.460. The first-order valence-corrected chi connectivity index (χ1v) is 7.69. The van der Waals surface area contributed by atoms with E-state index in [0.717, 1.165) is 14.0 Å². The summed E-state index contributed by atoms with van der Waals surface area (Å²) in [6.45, 7) is 4.23. The van der Waals surface area contributed by atoms with E-state index in [1.807, 2.05) is 6.07 Å². The Morgan fingerprint density at radius 2 is 1.94 bits per heavy atom. The summed E-state index contributed by atoms with van der Waals surface area (Å²) in [6.07, 6.45) is 0. The molecule has 0 saturated carbocycles. The van der Waals surface area contributed by atoms with Crippen LogP contribution in [0.25, 0.3) is 10.4 Å². The highest BCUT2D eigenvalue weighted by Gasteiger charge is 2.14. The summed E-state index contributed by atoms with van der Waals surface area (Å²) >= 11 is 3.86. The van der Waals surface area contributed by atoms with Gasteiger partial charge in [-0.05, 0) is 58.8 Å². The molecule has 1 unspecified atom stereocenters. The Morgan fingerprint density at radius 1 is 1.22 bits per heavy atom. The number of nitrogens with two attached hydrogens (primary N) is 1. The van der Waals surface area contributed by atoms with Gasteiger partial charge in [-0.15, -0.1) is 11.3 Å². The van der Waals surface area contributed by atoms with Crippen molar-refractivity contribution in [3.63, 3.8) is 0 Å². The predicted molar refractivity (Wildman–Crippen MR) is 84.2 cm³/mol. The first kappa shape index (κ1) is 14.0. The lowest BCUT2D eigenvalue weighted by molar-refractivity contribution is 0.521. The zero-order chi connectivity index (χ0) is 13.3. The molecule has 0 aliphatic heterocycles. The second-order valence-corrected chi connectivity index (χ2v) is 6.87. The summed E-state index contributed by atoms with van der Waals surface area (Å²) in [5, 5.41) is 0. The van der Waals surface area contributed by atoms with Gasteiger partial charge in [0.1, 0.15) is 5.82 Å².